The largest absolute Gasteiger partial charge is 0.497 e. The van der Waals surface area contributed by atoms with E-state index in [1.807, 2.05) is 31.2 Å². The van der Waals surface area contributed by atoms with Crippen LogP contribution in [0.15, 0.2) is 29.4 Å². The molecule has 2 rings (SSSR count). The van der Waals surface area contributed by atoms with Crippen molar-refractivity contribution in [3.63, 3.8) is 0 Å². The number of nitrogens with zero attached hydrogens (tertiary/aromatic N) is 1. The van der Waals surface area contributed by atoms with Crippen molar-refractivity contribution in [3.05, 3.63) is 29.8 Å². The van der Waals surface area contributed by atoms with Crippen LogP contribution in [0, 0.1) is 11.3 Å². The van der Waals surface area contributed by atoms with Crippen LogP contribution in [0.5, 0.6) is 5.75 Å². The zero-order valence-corrected chi connectivity index (χ0v) is 12.3. The summed E-state index contributed by atoms with van der Waals surface area (Å²) >= 11 is 0. The van der Waals surface area contributed by atoms with Gasteiger partial charge in [0, 0.05) is 6.54 Å². The second-order valence-electron chi connectivity index (χ2n) is 5.61. The average Bonchev–Trinajstić information content (AvgIpc) is 2.48. The van der Waals surface area contributed by atoms with Crippen molar-refractivity contribution in [2.24, 2.45) is 22.2 Å². The molecule has 0 radical (unpaired) electrons. The van der Waals surface area contributed by atoms with Gasteiger partial charge in [0.25, 0.3) is 0 Å². The van der Waals surface area contributed by atoms with Crippen molar-refractivity contribution in [1.82, 2.24) is 5.32 Å². The molecule has 0 unspecified atom stereocenters. The van der Waals surface area contributed by atoms with Gasteiger partial charge in [-0.25, -0.2) is 0 Å². The quantitative estimate of drug-likeness (QED) is 0.331. The molecule has 6 nitrogen and oxygen atoms in total. The van der Waals surface area contributed by atoms with E-state index in [9.17, 15) is 4.79 Å². The number of oxime groups is 1. The highest BCUT2D eigenvalue weighted by atomic mass is 16.5. The van der Waals surface area contributed by atoms with Crippen molar-refractivity contribution < 1.29 is 14.7 Å². The Morgan fingerprint density at radius 1 is 1.57 bits per heavy atom. The van der Waals surface area contributed by atoms with Crippen LogP contribution < -0.4 is 15.8 Å². The third-order valence-corrected chi connectivity index (χ3v) is 4.01. The lowest BCUT2D eigenvalue weighted by Crippen LogP contribution is -2.56. The first-order chi connectivity index (χ1) is 10.0. The number of nitrogens with one attached hydrogen (secondary N) is 1. The molecule has 1 aliphatic rings. The van der Waals surface area contributed by atoms with E-state index in [2.05, 4.69) is 10.5 Å². The number of ether oxygens (including phenoxy) is 1. The van der Waals surface area contributed by atoms with Gasteiger partial charge in [0.05, 0.1) is 7.11 Å². The van der Waals surface area contributed by atoms with Crippen molar-refractivity contribution >= 4 is 11.7 Å². The zero-order chi connectivity index (χ0) is 15.5. The number of carbonyl (C=O) groups is 1. The Kier molecular flexibility index (Phi) is 4.35. The second kappa shape index (κ2) is 6.03. The first kappa shape index (κ1) is 15.2. The number of methoxy groups -OCH3 is 1. The van der Waals surface area contributed by atoms with Gasteiger partial charge in [0.15, 0.2) is 5.84 Å². The first-order valence-electron chi connectivity index (χ1n) is 6.91. The van der Waals surface area contributed by atoms with Gasteiger partial charge >= 0.3 is 0 Å². The summed E-state index contributed by atoms with van der Waals surface area (Å²) in [5.41, 5.74) is 5.78. The Hall–Kier alpha value is -2.24. The van der Waals surface area contributed by atoms with Crippen LogP contribution in [0.2, 0.25) is 0 Å². The maximum absolute atomic E-state index is 12.4. The van der Waals surface area contributed by atoms with Gasteiger partial charge in [-0.05, 0) is 36.5 Å². The maximum Gasteiger partial charge on any atom is 0.234 e. The molecular formula is C15H21N3O3. The number of carbonyl (C=O) groups excluding carboxylic acids is 1. The Morgan fingerprint density at radius 3 is 2.86 bits per heavy atom. The summed E-state index contributed by atoms with van der Waals surface area (Å²) in [7, 11) is 1.60. The molecule has 1 saturated carbocycles. The van der Waals surface area contributed by atoms with E-state index in [1.54, 1.807) is 7.11 Å². The highest BCUT2D eigenvalue weighted by Gasteiger charge is 2.52. The second-order valence-corrected chi connectivity index (χ2v) is 5.61. The topological polar surface area (TPSA) is 96.9 Å². The number of hydrogen-bond donors (Lipinski definition) is 3. The van der Waals surface area contributed by atoms with E-state index in [0.29, 0.717) is 25.3 Å². The third-order valence-electron chi connectivity index (χ3n) is 4.01. The van der Waals surface area contributed by atoms with Gasteiger partial charge in [0.1, 0.15) is 11.2 Å². The SMILES string of the molecule is COc1cccc(CNC(=O)C2(/C(N)=N/O)CC(C)C2)c1. The van der Waals surface area contributed by atoms with Crippen LogP contribution in [0.3, 0.4) is 0 Å². The normalized spacial score (nSPS) is 25.0. The van der Waals surface area contributed by atoms with Gasteiger partial charge in [-0.3, -0.25) is 4.79 Å². The van der Waals surface area contributed by atoms with E-state index < -0.39 is 5.41 Å². The number of rotatable bonds is 5. The minimum atomic E-state index is -0.868. The predicted molar refractivity (Wildman–Crippen MR) is 79.1 cm³/mol. The maximum atomic E-state index is 12.4. The predicted octanol–water partition coefficient (Wildman–Crippen LogP) is 1.47. The van der Waals surface area contributed by atoms with E-state index in [1.165, 1.54) is 0 Å². The van der Waals surface area contributed by atoms with Gasteiger partial charge in [-0.2, -0.15) is 0 Å². The van der Waals surface area contributed by atoms with Crippen molar-refractivity contribution in [3.8, 4) is 5.75 Å². The molecule has 1 amide bonds. The van der Waals surface area contributed by atoms with Crippen LogP contribution in [-0.2, 0) is 11.3 Å². The Labute approximate surface area is 124 Å². The van der Waals surface area contributed by atoms with E-state index in [4.69, 9.17) is 15.7 Å². The Bertz CT molecular complexity index is 551. The summed E-state index contributed by atoms with van der Waals surface area (Å²) in [5.74, 6) is 0.931. The molecular weight excluding hydrogens is 270 g/mol. The Balaban J connectivity index is 2.03. The van der Waals surface area contributed by atoms with Crippen molar-refractivity contribution in [1.29, 1.82) is 0 Å². The molecule has 114 valence electrons. The molecule has 6 heteroatoms. The number of amidine groups is 1. The van der Waals surface area contributed by atoms with E-state index >= 15 is 0 Å². The fourth-order valence-corrected chi connectivity index (χ4v) is 2.87. The molecule has 0 saturated heterocycles. The first-order valence-corrected chi connectivity index (χ1v) is 6.91. The van der Waals surface area contributed by atoms with Crippen LogP contribution >= 0.6 is 0 Å². The lowest BCUT2D eigenvalue weighted by atomic mass is 9.61. The molecule has 1 fully saturated rings. The summed E-state index contributed by atoms with van der Waals surface area (Å²) in [6, 6.07) is 7.48. The summed E-state index contributed by atoms with van der Waals surface area (Å²) in [6.07, 6.45) is 1.21. The van der Waals surface area contributed by atoms with Gasteiger partial charge in [-0.15, -0.1) is 0 Å². The number of nitrogens with two attached hydrogens (primary N) is 1. The highest BCUT2D eigenvalue weighted by Crippen LogP contribution is 2.45. The number of hydrogen-bond acceptors (Lipinski definition) is 4. The zero-order valence-electron chi connectivity index (χ0n) is 12.3. The van der Waals surface area contributed by atoms with Crippen molar-refractivity contribution in [2.75, 3.05) is 7.11 Å². The number of benzene rings is 1. The van der Waals surface area contributed by atoms with Crippen molar-refractivity contribution in [2.45, 2.75) is 26.3 Å². The standard InChI is InChI=1S/C15H21N3O3/c1-10-7-15(8-10,13(16)18-20)14(19)17-9-11-4-3-5-12(6-11)21-2/h3-6,10,20H,7-9H2,1-2H3,(H2,16,18)(H,17,19). The molecule has 1 aromatic carbocycles. The molecule has 0 spiro atoms. The molecule has 1 aliphatic carbocycles. The third kappa shape index (κ3) is 2.94. The lowest BCUT2D eigenvalue weighted by molar-refractivity contribution is -0.133. The minimum absolute atomic E-state index is 0.0104. The summed E-state index contributed by atoms with van der Waals surface area (Å²) in [4.78, 5) is 12.4. The summed E-state index contributed by atoms with van der Waals surface area (Å²) in [6.45, 7) is 2.42. The van der Waals surface area contributed by atoms with Crippen LogP contribution in [0.25, 0.3) is 0 Å². The molecule has 21 heavy (non-hydrogen) atoms. The molecule has 0 aliphatic heterocycles. The molecule has 0 heterocycles. The minimum Gasteiger partial charge on any atom is -0.497 e. The highest BCUT2D eigenvalue weighted by molar-refractivity contribution is 6.07. The summed E-state index contributed by atoms with van der Waals surface area (Å²) in [5, 5.41) is 14.8. The monoisotopic (exact) mass is 291 g/mol. The lowest BCUT2D eigenvalue weighted by Gasteiger charge is -2.43. The molecule has 0 aromatic heterocycles. The average molecular weight is 291 g/mol. The smallest absolute Gasteiger partial charge is 0.234 e. The molecule has 4 N–H and O–H groups in total. The van der Waals surface area contributed by atoms with Gasteiger partial charge in [-0.1, -0.05) is 24.2 Å². The molecule has 0 bridgehead atoms. The molecule has 0 atom stereocenters. The van der Waals surface area contributed by atoms with E-state index in [0.717, 1.165) is 11.3 Å². The fourth-order valence-electron chi connectivity index (χ4n) is 2.87. The van der Waals surface area contributed by atoms with E-state index in [-0.39, 0.29) is 11.7 Å². The van der Waals surface area contributed by atoms with Crippen LogP contribution in [0.1, 0.15) is 25.3 Å². The van der Waals surface area contributed by atoms with Crippen LogP contribution in [0.4, 0.5) is 0 Å². The van der Waals surface area contributed by atoms with Crippen LogP contribution in [-0.4, -0.2) is 24.1 Å². The summed E-state index contributed by atoms with van der Waals surface area (Å²) < 4.78 is 5.15. The fraction of sp³-hybridized carbons (Fsp3) is 0.467. The van der Waals surface area contributed by atoms with Gasteiger partial charge in [0.2, 0.25) is 5.91 Å². The number of amides is 1. The Morgan fingerprint density at radius 2 is 2.29 bits per heavy atom. The molecule has 1 aromatic rings. The van der Waals surface area contributed by atoms with Gasteiger partial charge < -0.3 is 21.0 Å².